The fourth-order valence-electron chi connectivity index (χ4n) is 4.01. The largest absolute Gasteiger partial charge is 0.346 e. The molecule has 1 aromatic heterocycles. The standard InChI is InChI=1S/C24H26Cl3N5S/c1-16-23(17(2)32(29-16)14-18-7-8-21(26)22(27)13-18)28-24(33)31-11-9-30(10-12-31)15-19-5-3-4-6-20(19)25/h3-8,13H,9-12,14-15H2,1-2H3,(H,28,33). The molecule has 1 N–H and O–H groups in total. The number of hydrogen-bond acceptors (Lipinski definition) is 3. The predicted octanol–water partition coefficient (Wildman–Crippen LogP) is 6.02. The van der Waals surface area contributed by atoms with Gasteiger partial charge in [0.2, 0.25) is 0 Å². The quantitative estimate of drug-likeness (QED) is 0.415. The van der Waals surface area contributed by atoms with Crippen molar-refractivity contribution in [2.45, 2.75) is 26.9 Å². The SMILES string of the molecule is Cc1nn(Cc2ccc(Cl)c(Cl)c2)c(C)c1NC(=S)N1CCN(Cc2ccccc2Cl)CC1. The number of benzene rings is 2. The molecule has 0 unspecified atom stereocenters. The number of aromatic nitrogens is 2. The molecule has 0 radical (unpaired) electrons. The number of thiocarbonyl (C=S) groups is 1. The monoisotopic (exact) mass is 521 g/mol. The van der Waals surface area contributed by atoms with E-state index < -0.39 is 0 Å². The Morgan fingerprint density at radius 2 is 1.67 bits per heavy atom. The molecule has 1 saturated heterocycles. The number of piperazine rings is 1. The molecule has 2 aromatic carbocycles. The van der Waals surface area contributed by atoms with Crippen LogP contribution in [-0.4, -0.2) is 50.9 Å². The summed E-state index contributed by atoms with van der Waals surface area (Å²) in [6.07, 6.45) is 0. The van der Waals surface area contributed by atoms with Gasteiger partial charge in [-0.1, -0.05) is 59.1 Å². The zero-order valence-corrected chi connectivity index (χ0v) is 21.7. The van der Waals surface area contributed by atoms with E-state index in [0.29, 0.717) is 16.6 Å². The minimum absolute atomic E-state index is 0.545. The number of hydrogen-bond donors (Lipinski definition) is 1. The maximum absolute atomic E-state index is 6.32. The highest BCUT2D eigenvalue weighted by atomic mass is 35.5. The van der Waals surface area contributed by atoms with E-state index in [2.05, 4.69) is 21.2 Å². The summed E-state index contributed by atoms with van der Waals surface area (Å²) in [5, 5.41) is 10.8. The topological polar surface area (TPSA) is 36.3 Å². The van der Waals surface area contributed by atoms with E-state index in [1.165, 1.54) is 0 Å². The number of nitrogens with one attached hydrogen (secondary N) is 1. The van der Waals surface area contributed by atoms with Crippen LogP contribution in [0, 0.1) is 13.8 Å². The van der Waals surface area contributed by atoms with Gasteiger partial charge in [0.05, 0.1) is 33.7 Å². The smallest absolute Gasteiger partial charge is 0.173 e. The van der Waals surface area contributed by atoms with E-state index in [4.69, 9.17) is 52.1 Å². The average Bonchev–Trinajstić information content (AvgIpc) is 3.05. The highest BCUT2D eigenvalue weighted by Crippen LogP contribution is 2.25. The average molecular weight is 523 g/mol. The Labute approximate surface area is 215 Å². The lowest BCUT2D eigenvalue weighted by Crippen LogP contribution is -2.49. The number of anilines is 1. The van der Waals surface area contributed by atoms with Crippen molar-refractivity contribution in [3.63, 3.8) is 0 Å². The van der Waals surface area contributed by atoms with Gasteiger partial charge in [-0.2, -0.15) is 5.10 Å². The first kappa shape index (κ1) is 24.3. The van der Waals surface area contributed by atoms with Crippen LogP contribution in [0.5, 0.6) is 0 Å². The van der Waals surface area contributed by atoms with Crippen LogP contribution in [0.2, 0.25) is 15.1 Å². The Kier molecular flexibility index (Phi) is 7.82. The number of rotatable bonds is 5. The van der Waals surface area contributed by atoms with Crippen LogP contribution >= 0.6 is 47.0 Å². The first-order valence-corrected chi connectivity index (χ1v) is 12.4. The van der Waals surface area contributed by atoms with Crippen molar-refractivity contribution >= 4 is 57.8 Å². The molecule has 2 heterocycles. The van der Waals surface area contributed by atoms with E-state index >= 15 is 0 Å². The summed E-state index contributed by atoms with van der Waals surface area (Å²) in [6, 6.07) is 13.7. The summed E-state index contributed by atoms with van der Waals surface area (Å²) >= 11 is 24.3. The molecule has 174 valence electrons. The zero-order valence-electron chi connectivity index (χ0n) is 18.6. The van der Waals surface area contributed by atoms with Gasteiger partial charge in [-0.05, 0) is 55.4 Å². The molecule has 4 rings (SSSR count). The van der Waals surface area contributed by atoms with Crippen molar-refractivity contribution < 1.29 is 0 Å². The van der Waals surface area contributed by atoms with Crippen LogP contribution in [0.4, 0.5) is 5.69 Å². The second-order valence-corrected chi connectivity index (χ2v) is 9.84. The summed E-state index contributed by atoms with van der Waals surface area (Å²) < 4.78 is 1.96. The van der Waals surface area contributed by atoms with Gasteiger partial charge in [0.1, 0.15) is 0 Å². The van der Waals surface area contributed by atoms with Crippen LogP contribution in [0.25, 0.3) is 0 Å². The molecule has 0 aliphatic carbocycles. The molecule has 5 nitrogen and oxygen atoms in total. The van der Waals surface area contributed by atoms with Gasteiger partial charge in [0.25, 0.3) is 0 Å². The van der Waals surface area contributed by atoms with Crippen molar-refractivity contribution in [2.24, 2.45) is 0 Å². The summed E-state index contributed by atoms with van der Waals surface area (Å²) in [7, 11) is 0. The van der Waals surface area contributed by atoms with Crippen molar-refractivity contribution in [3.8, 4) is 0 Å². The number of aryl methyl sites for hydroxylation is 1. The third-order valence-corrected chi connectivity index (χ3v) is 7.41. The number of nitrogens with zero attached hydrogens (tertiary/aromatic N) is 4. The Balaban J connectivity index is 1.36. The first-order chi connectivity index (χ1) is 15.8. The second-order valence-electron chi connectivity index (χ2n) is 8.24. The van der Waals surface area contributed by atoms with Gasteiger partial charge in [0.15, 0.2) is 5.11 Å². The molecule has 1 aliphatic rings. The van der Waals surface area contributed by atoms with Gasteiger partial charge in [0, 0.05) is 37.7 Å². The van der Waals surface area contributed by atoms with Crippen molar-refractivity contribution in [3.05, 3.63) is 80.0 Å². The van der Waals surface area contributed by atoms with E-state index in [1.807, 2.05) is 54.9 Å². The van der Waals surface area contributed by atoms with E-state index in [9.17, 15) is 0 Å². The van der Waals surface area contributed by atoms with Crippen LogP contribution in [0.15, 0.2) is 42.5 Å². The maximum atomic E-state index is 6.32. The zero-order chi connectivity index (χ0) is 23.5. The Morgan fingerprint density at radius 1 is 0.939 bits per heavy atom. The van der Waals surface area contributed by atoms with Gasteiger partial charge in [-0.25, -0.2) is 0 Å². The molecular weight excluding hydrogens is 497 g/mol. The highest BCUT2D eigenvalue weighted by molar-refractivity contribution is 7.80. The minimum Gasteiger partial charge on any atom is -0.346 e. The number of halogens is 3. The molecule has 0 spiro atoms. The van der Waals surface area contributed by atoms with Crippen LogP contribution < -0.4 is 5.32 Å². The summed E-state index contributed by atoms with van der Waals surface area (Å²) in [5.41, 5.74) is 5.09. The Morgan fingerprint density at radius 3 is 2.36 bits per heavy atom. The van der Waals surface area contributed by atoms with Gasteiger partial charge in [-0.15, -0.1) is 0 Å². The van der Waals surface area contributed by atoms with Crippen molar-refractivity contribution in [1.29, 1.82) is 0 Å². The second kappa shape index (κ2) is 10.6. The van der Waals surface area contributed by atoms with Crippen molar-refractivity contribution in [2.75, 3.05) is 31.5 Å². The normalized spacial score (nSPS) is 14.5. The van der Waals surface area contributed by atoms with E-state index in [-0.39, 0.29) is 0 Å². The summed E-state index contributed by atoms with van der Waals surface area (Å²) in [5.74, 6) is 0. The lowest BCUT2D eigenvalue weighted by molar-refractivity contribution is 0.177. The molecule has 1 fully saturated rings. The molecule has 0 bridgehead atoms. The molecular formula is C24H26Cl3N5S. The minimum atomic E-state index is 0.545. The first-order valence-electron chi connectivity index (χ1n) is 10.8. The molecule has 0 amide bonds. The molecule has 3 aromatic rings. The lowest BCUT2D eigenvalue weighted by Gasteiger charge is -2.36. The van der Waals surface area contributed by atoms with Crippen LogP contribution in [-0.2, 0) is 13.1 Å². The maximum Gasteiger partial charge on any atom is 0.173 e. The third kappa shape index (κ3) is 5.81. The molecule has 0 saturated carbocycles. The fourth-order valence-corrected chi connectivity index (χ4v) is 4.81. The van der Waals surface area contributed by atoms with Crippen LogP contribution in [0.1, 0.15) is 22.5 Å². The van der Waals surface area contributed by atoms with Gasteiger partial charge >= 0.3 is 0 Å². The molecule has 1 aliphatic heterocycles. The van der Waals surface area contributed by atoms with E-state index in [0.717, 1.165) is 71.1 Å². The molecule has 9 heteroatoms. The van der Waals surface area contributed by atoms with Crippen LogP contribution in [0.3, 0.4) is 0 Å². The van der Waals surface area contributed by atoms with Gasteiger partial charge in [-0.3, -0.25) is 9.58 Å². The molecule has 33 heavy (non-hydrogen) atoms. The highest BCUT2D eigenvalue weighted by Gasteiger charge is 2.21. The van der Waals surface area contributed by atoms with Gasteiger partial charge < -0.3 is 10.2 Å². The molecule has 0 atom stereocenters. The summed E-state index contributed by atoms with van der Waals surface area (Å²) in [6.45, 7) is 9.10. The van der Waals surface area contributed by atoms with E-state index in [1.54, 1.807) is 0 Å². The Bertz CT molecular complexity index is 1150. The summed E-state index contributed by atoms with van der Waals surface area (Å²) in [4.78, 5) is 4.62. The predicted molar refractivity (Wildman–Crippen MR) is 142 cm³/mol. The van der Waals surface area contributed by atoms with Crippen molar-refractivity contribution in [1.82, 2.24) is 19.6 Å². The fraction of sp³-hybridized carbons (Fsp3) is 0.333. The lowest BCUT2D eigenvalue weighted by atomic mass is 10.2. The Hall–Kier alpha value is -1.83. The third-order valence-electron chi connectivity index (χ3n) is 5.94.